The Bertz CT molecular complexity index is 1100. The van der Waals surface area contributed by atoms with Gasteiger partial charge >= 0.3 is 25.8 Å². The Hall–Kier alpha value is -1.72. The summed E-state index contributed by atoms with van der Waals surface area (Å²) >= 11 is 0. The summed E-state index contributed by atoms with van der Waals surface area (Å²) in [6, 6.07) is -0.257. The topological polar surface area (TPSA) is 144 Å². The summed E-state index contributed by atoms with van der Waals surface area (Å²) in [5.74, 6) is -0.862. The number of nitrogens with one attached hydrogen (secondary N) is 1. The van der Waals surface area contributed by atoms with Crippen LogP contribution >= 0.6 is 7.82 Å². The third-order valence-corrected chi connectivity index (χ3v) is 12.3. The third kappa shape index (κ3) is 32.6. The first kappa shape index (κ1) is 55.3. The van der Waals surface area contributed by atoms with Crippen molar-refractivity contribution in [2.45, 2.75) is 226 Å². The Morgan fingerprint density at radius 1 is 0.593 bits per heavy atom. The van der Waals surface area contributed by atoms with Crippen LogP contribution in [0.1, 0.15) is 214 Å². The van der Waals surface area contributed by atoms with Crippen LogP contribution in [0.15, 0.2) is 0 Å². The van der Waals surface area contributed by atoms with Gasteiger partial charge in [-0.1, -0.05) is 168 Å². The van der Waals surface area contributed by atoms with Crippen molar-refractivity contribution in [1.29, 1.82) is 0 Å². The van der Waals surface area contributed by atoms with E-state index in [0.29, 0.717) is 19.5 Å². The van der Waals surface area contributed by atoms with Crippen molar-refractivity contribution in [2.24, 2.45) is 0 Å². The largest absolute Gasteiger partial charge is 0.472 e. The van der Waals surface area contributed by atoms with Gasteiger partial charge in [-0.25, -0.2) is 9.36 Å². The highest BCUT2D eigenvalue weighted by molar-refractivity contribution is 7.47. The van der Waals surface area contributed by atoms with Crippen LogP contribution in [-0.2, 0) is 32.7 Å². The monoisotopic (exact) mass is 860 g/mol. The zero-order valence-electron chi connectivity index (χ0n) is 38.6. The van der Waals surface area contributed by atoms with E-state index in [4.69, 9.17) is 18.5 Å². The number of ether oxygens (including phenoxy) is 2. The molecule has 2 unspecified atom stereocenters. The molecule has 0 aromatic carbocycles. The predicted molar refractivity (Wildman–Crippen MR) is 239 cm³/mol. The molecule has 348 valence electrons. The number of unbranched alkanes of at least 4 members (excludes halogenated alkanes) is 24. The van der Waals surface area contributed by atoms with Gasteiger partial charge in [-0.05, 0) is 33.6 Å². The first-order chi connectivity index (χ1) is 28.4. The molecule has 1 rings (SSSR count). The van der Waals surface area contributed by atoms with Crippen LogP contribution in [0, 0.1) is 0 Å². The molecule has 1 aliphatic heterocycles. The molecule has 0 aliphatic carbocycles. The van der Waals surface area contributed by atoms with Crippen molar-refractivity contribution >= 4 is 25.8 Å². The van der Waals surface area contributed by atoms with Gasteiger partial charge in [-0.15, -0.1) is 0 Å². The molecule has 1 fully saturated rings. The van der Waals surface area contributed by atoms with Gasteiger partial charge in [-0.2, -0.15) is 0 Å². The molecular weight excluding hydrogens is 769 g/mol. The summed E-state index contributed by atoms with van der Waals surface area (Å²) in [7, 11) is -4.55. The maximum Gasteiger partial charge on any atom is 0.472 e. The van der Waals surface area contributed by atoms with Crippen LogP contribution in [-0.4, -0.2) is 96.9 Å². The number of amides is 2. The highest BCUT2D eigenvalue weighted by atomic mass is 31.2. The minimum absolute atomic E-state index is 0.0145. The van der Waals surface area contributed by atoms with Crippen LogP contribution in [0.5, 0.6) is 0 Å². The number of urea groups is 1. The fourth-order valence-corrected chi connectivity index (χ4v) is 8.17. The molecule has 0 aromatic rings. The lowest BCUT2D eigenvalue weighted by Gasteiger charge is -2.42. The SMILES string of the molecule is CCCCCCCCCCCCCCCC(=O)OCC(COP(=O)(O)OCCNC(=O)N1CCN(C(C)(C)C)CC1)OC(=O)CCCCCCCCCCCCCCC. The van der Waals surface area contributed by atoms with Gasteiger partial charge in [0.2, 0.25) is 0 Å². The van der Waals surface area contributed by atoms with E-state index in [0.717, 1.165) is 51.6 Å². The lowest BCUT2D eigenvalue weighted by atomic mass is 10.0. The number of rotatable bonds is 38. The van der Waals surface area contributed by atoms with Crippen molar-refractivity contribution in [3.05, 3.63) is 0 Å². The fourth-order valence-electron chi connectivity index (χ4n) is 7.42. The summed E-state index contributed by atoms with van der Waals surface area (Å²) in [6.07, 6.45) is 30.8. The number of carbonyl (C=O) groups is 3. The minimum Gasteiger partial charge on any atom is -0.462 e. The second-order valence-corrected chi connectivity index (χ2v) is 19.2. The first-order valence-electron chi connectivity index (χ1n) is 24.1. The second-order valence-electron chi connectivity index (χ2n) is 17.8. The fraction of sp³-hybridized carbons (Fsp3) is 0.935. The molecule has 0 spiro atoms. The minimum atomic E-state index is -4.55. The van der Waals surface area contributed by atoms with E-state index in [-0.39, 0.29) is 44.2 Å². The summed E-state index contributed by atoms with van der Waals surface area (Å²) in [5.41, 5.74) is 0.0371. The van der Waals surface area contributed by atoms with E-state index in [1.165, 1.54) is 122 Å². The Balaban J connectivity index is 2.41. The lowest BCUT2D eigenvalue weighted by molar-refractivity contribution is -0.161. The van der Waals surface area contributed by atoms with Gasteiger partial charge in [0.25, 0.3) is 0 Å². The molecule has 12 nitrogen and oxygen atoms in total. The highest BCUT2D eigenvalue weighted by Gasteiger charge is 2.29. The molecule has 0 radical (unpaired) electrons. The van der Waals surface area contributed by atoms with Crippen LogP contribution < -0.4 is 5.32 Å². The number of hydrogen-bond donors (Lipinski definition) is 2. The maximum absolute atomic E-state index is 12.8. The van der Waals surface area contributed by atoms with Crippen molar-refractivity contribution in [2.75, 3.05) is 52.5 Å². The van der Waals surface area contributed by atoms with Crippen molar-refractivity contribution in [3.63, 3.8) is 0 Å². The van der Waals surface area contributed by atoms with Gasteiger partial charge in [0.05, 0.1) is 13.2 Å². The zero-order valence-corrected chi connectivity index (χ0v) is 39.5. The van der Waals surface area contributed by atoms with E-state index < -0.39 is 32.5 Å². The smallest absolute Gasteiger partial charge is 0.462 e. The lowest BCUT2D eigenvalue weighted by Crippen LogP contribution is -2.56. The number of carbonyl (C=O) groups excluding carboxylic acids is 3. The molecule has 13 heteroatoms. The first-order valence-corrected chi connectivity index (χ1v) is 25.6. The van der Waals surface area contributed by atoms with Crippen LogP contribution in [0.4, 0.5) is 4.79 Å². The van der Waals surface area contributed by atoms with Gasteiger partial charge in [-0.3, -0.25) is 23.5 Å². The summed E-state index contributed by atoms with van der Waals surface area (Å²) in [6.45, 7) is 12.7. The van der Waals surface area contributed by atoms with E-state index in [1.807, 2.05) is 0 Å². The van der Waals surface area contributed by atoms with Crippen LogP contribution in [0.3, 0.4) is 0 Å². The predicted octanol–water partition coefficient (Wildman–Crippen LogP) is 11.7. The maximum atomic E-state index is 12.8. The highest BCUT2D eigenvalue weighted by Crippen LogP contribution is 2.43. The Kier molecular flexibility index (Phi) is 33.6. The standard InChI is InChI=1S/C46H90N3O9P/c1-6-8-10-12-14-16-18-20-22-24-26-28-30-32-43(50)55-40-42(58-44(51)33-31-29-27-25-23-21-19-17-15-13-11-9-7-2)41-57-59(53,54)56-39-34-47-45(52)48-35-37-49(38-36-48)46(3,4)5/h42H,6-41H2,1-5H3,(H,47,52)(H,53,54). The molecule has 0 bridgehead atoms. The normalized spacial score (nSPS) is 15.2. The van der Waals surface area contributed by atoms with Crippen LogP contribution in [0.2, 0.25) is 0 Å². The molecule has 0 aromatic heterocycles. The number of piperazine rings is 1. The Labute approximate surface area is 361 Å². The van der Waals surface area contributed by atoms with E-state index in [9.17, 15) is 23.8 Å². The molecule has 2 N–H and O–H groups in total. The van der Waals surface area contributed by atoms with Gasteiger partial charge in [0.1, 0.15) is 6.61 Å². The quantitative estimate of drug-likeness (QED) is 0.0350. The average molecular weight is 860 g/mol. The molecular formula is C46H90N3O9P. The van der Waals surface area contributed by atoms with Gasteiger partial charge in [0.15, 0.2) is 6.10 Å². The Morgan fingerprint density at radius 3 is 1.42 bits per heavy atom. The number of hydrogen-bond acceptors (Lipinski definition) is 9. The van der Waals surface area contributed by atoms with E-state index in [1.54, 1.807) is 4.90 Å². The second kappa shape index (κ2) is 35.8. The zero-order chi connectivity index (χ0) is 43.5. The molecule has 2 amide bonds. The summed E-state index contributed by atoms with van der Waals surface area (Å²) < 4.78 is 34.0. The molecule has 1 saturated heterocycles. The summed E-state index contributed by atoms with van der Waals surface area (Å²) in [4.78, 5) is 52.4. The van der Waals surface area contributed by atoms with Crippen LogP contribution in [0.25, 0.3) is 0 Å². The number of nitrogens with zero attached hydrogens (tertiary/aromatic N) is 2. The average Bonchev–Trinajstić information content (AvgIpc) is 3.20. The molecule has 1 aliphatic rings. The molecule has 2 atom stereocenters. The molecule has 0 saturated carbocycles. The number of phosphoric acid groups is 1. The molecule has 59 heavy (non-hydrogen) atoms. The van der Waals surface area contributed by atoms with Gasteiger partial charge in [0, 0.05) is 51.1 Å². The third-order valence-electron chi connectivity index (χ3n) is 11.3. The van der Waals surface area contributed by atoms with E-state index >= 15 is 0 Å². The van der Waals surface area contributed by atoms with Crippen molar-refractivity contribution in [3.8, 4) is 0 Å². The number of esters is 2. The summed E-state index contributed by atoms with van der Waals surface area (Å²) in [5, 5.41) is 2.73. The van der Waals surface area contributed by atoms with Crippen molar-refractivity contribution in [1.82, 2.24) is 15.1 Å². The van der Waals surface area contributed by atoms with E-state index in [2.05, 4.69) is 44.8 Å². The van der Waals surface area contributed by atoms with Crippen molar-refractivity contribution < 1.29 is 42.4 Å². The Morgan fingerprint density at radius 2 is 1.00 bits per heavy atom. The van der Waals surface area contributed by atoms with Gasteiger partial charge < -0.3 is 24.6 Å². The molecule has 1 heterocycles. The number of phosphoric ester groups is 1.